The fraction of sp³-hybridized carbons (Fsp3) is 0.462. The lowest BCUT2D eigenvalue weighted by molar-refractivity contribution is 0.0693. The minimum atomic E-state index is -0.0230. The highest BCUT2D eigenvalue weighted by molar-refractivity contribution is 6.30. The molecule has 1 aromatic rings. The number of benzene rings is 1. The molecule has 0 aromatic heterocycles. The van der Waals surface area contributed by atoms with Crippen LogP contribution in [0.3, 0.4) is 0 Å². The summed E-state index contributed by atoms with van der Waals surface area (Å²) in [5.74, 6) is -0.0230. The summed E-state index contributed by atoms with van der Waals surface area (Å²) in [6.45, 7) is 4.59. The van der Waals surface area contributed by atoms with E-state index in [-0.39, 0.29) is 18.6 Å². The van der Waals surface area contributed by atoms with Crippen LogP contribution in [0, 0.1) is 0 Å². The predicted octanol–water partition coefficient (Wildman–Crippen LogP) is 2.57. The molecule has 0 spiro atoms. The summed E-state index contributed by atoms with van der Waals surface area (Å²) < 4.78 is 0. The average molecular weight is 256 g/mol. The molecule has 0 radical (unpaired) electrons. The number of nitrogens with zero attached hydrogens (tertiary/aromatic N) is 1. The molecule has 94 valence electrons. The Balaban J connectivity index is 2.80. The monoisotopic (exact) mass is 255 g/mol. The van der Waals surface area contributed by atoms with Crippen molar-refractivity contribution in [2.45, 2.75) is 26.3 Å². The van der Waals surface area contributed by atoms with Crippen LogP contribution >= 0.6 is 11.6 Å². The van der Waals surface area contributed by atoms with E-state index in [1.807, 2.05) is 13.8 Å². The second kappa shape index (κ2) is 6.62. The Morgan fingerprint density at radius 1 is 1.35 bits per heavy atom. The van der Waals surface area contributed by atoms with Gasteiger partial charge in [0.05, 0.1) is 0 Å². The Hall–Kier alpha value is -1.06. The highest BCUT2D eigenvalue weighted by Gasteiger charge is 2.17. The van der Waals surface area contributed by atoms with Crippen molar-refractivity contribution in [2.75, 3.05) is 13.2 Å². The van der Waals surface area contributed by atoms with Crippen LogP contribution < -0.4 is 0 Å². The lowest BCUT2D eigenvalue weighted by Crippen LogP contribution is -2.38. The molecule has 0 aliphatic heterocycles. The molecule has 17 heavy (non-hydrogen) atoms. The van der Waals surface area contributed by atoms with E-state index < -0.39 is 0 Å². The number of carbonyl (C=O) groups is 1. The Labute approximate surface area is 107 Å². The van der Waals surface area contributed by atoms with Gasteiger partial charge in [0.1, 0.15) is 0 Å². The first kappa shape index (κ1) is 14.0. The van der Waals surface area contributed by atoms with E-state index in [9.17, 15) is 4.79 Å². The molecule has 0 unspecified atom stereocenters. The fourth-order valence-electron chi connectivity index (χ4n) is 1.59. The van der Waals surface area contributed by atoms with Gasteiger partial charge in [-0.05, 0) is 44.5 Å². The third-order valence-electron chi connectivity index (χ3n) is 2.53. The van der Waals surface area contributed by atoms with Gasteiger partial charge >= 0.3 is 0 Å². The SMILES string of the molecule is CC(C)N(CCCO)C(=O)c1ccc(Cl)cc1. The van der Waals surface area contributed by atoms with Gasteiger partial charge in [0, 0.05) is 29.8 Å². The van der Waals surface area contributed by atoms with Gasteiger partial charge in [-0.25, -0.2) is 0 Å². The summed E-state index contributed by atoms with van der Waals surface area (Å²) in [5.41, 5.74) is 0.626. The molecule has 4 heteroatoms. The van der Waals surface area contributed by atoms with E-state index in [0.717, 1.165) is 0 Å². The van der Waals surface area contributed by atoms with E-state index in [0.29, 0.717) is 23.6 Å². The van der Waals surface area contributed by atoms with Gasteiger partial charge in [0.25, 0.3) is 5.91 Å². The first-order chi connectivity index (χ1) is 8.06. The van der Waals surface area contributed by atoms with Crippen LogP contribution in [-0.4, -0.2) is 35.1 Å². The summed E-state index contributed by atoms with van der Waals surface area (Å²) >= 11 is 5.78. The van der Waals surface area contributed by atoms with Crippen molar-refractivity contribution in [2.24, 2.45) is 0 Å². The predicted molar refractivity (Wildman–Crippen MR) is 69.3 cm³/mol. The molecule has 0 saturated carbocycles. The van der Waals surface area contributed by atoms with Crippen LogP contribution in [0.15, 0.2) is 24.3 Å². The van der Waals surface area contributed by atoms with Gasteiger partial charge in [-0.2, -0.15) is 0 Å². The third-order valence-corrected chi connectivity index (χ3v) is 2.78. The molecular formula is C13H18ClNO2. The molecule has 3 nitrogen and oxygen atoms in total. The van der Waals surface area contributed by atoms with Gasteiger partial charge in [0.2, 0.25) is 0 Å². The minimum absolute atomic E-state index is 0.0230. The number of aliphatic hydroxyl groups excluding tert-OH is 1. The van der Waals surface area contributed by atoms with E-state index in [4.69, 9.17) is 16.7 Å². The maximum absolute atomic E-state index is 12.2. The Bertz CT molecular complexity index is 362. The number of amides is 1. The maximum Gasteiger partial charge on any atom is 0.254 e. The molecule has 1 amide bonds. The van der Waals surface area contributed by atoms with Crippen molar-refractivity contribution in [1.29, 1.82) is 0 Å². The van der Waals surface area contributed by atoms with E-state index in [1.54, 1.807) is 29.2 Å². The van der Waals surface area contributed by atoms with Gasteiger partial charge in [-0.15, -0.1) is 0 Å². The first-order valence-electron chi connectivity index (χ1n) is 5.73. The standard InChI is InChI=1S/C13H18ClNO2/c1-10(2)15(8-3-9-16)13(17)11-4-6-12(14)7-5-11/h4-7,10,16H,3,8-9H2,1-2H3. The Morgan fingerprint density at radius 3 is 2.41 bits per heavy atom. The first-order valence-corrected chi connectivity index (χ1v) is 6.11. The highest BCUT2D eigenvalue weighted by Crippen LogP contribution is 2.13. The summed E-state index contributed by atoms with van der Waals surface area (Å²) in [7, 11) is 0. The largest absolute Gasteiger partial charge is 0.396 e. The second-order valence-electron chi connectivity index (χ2n) is 4.18. The van der Waals surface area contributed by atoms with Gasteiger partial charge < -0.3 is 10.0 Å². The van der Waals surface area contributed by atoms with Crippen LogP contribution in [0.25, 0.3) is 0 Å². The van der Waals surface area contributed by atoms with Crippen molar-refractivity contribution in [3.05, 3.63) is 34.9 Å². The van der Waals surface area contributed by atoms with Crippen molar-refractivity contribution in [3.8, 4) is 0 Å². The zero-order valence-electron chi connectivity index (χ0n) is 10.2. The van der Waals surface area contributed by atoms with Gasteiger partial charge in [-0.3, -0.25) is 4.79 Å². The van der Waals surface area contributed by atoms with Crippen molar-refractivity contribution < 1.29 is 9.90 Å². The highest BCUT2D eigenvalue weighted by atomic mass is 35.5. The van der Waals surface area contributed by atoms with Crippen LogP contribution in [0.5, 0.6) is 0 Å². The maximum atomic E-state index is 12.2. The molecule has 0 bridgehead atoms. The smallest absolute Gasteiger partial charge is 0.254 e. The quantitative estimate of drug-likeness (QED) is 0.879. The van der Waals surface area contributed by atoms with E-state index in [1.165, 1.54) is 0 Å². The van der Waals surface area contributed by atoms with Crippen molar-refractivity contribution in [1.82, 2.24) is 4.90 Å². The Kier molecular flexibility index (Phi) is 5.45. The molecule has 0 saturated heterocycles. The molecule has 1 N–H and O–H groups in total. The number of hydrogen-bond donors (Lipinski definition) is 1. The lowest BCUT2D eigenvalue weighted by Gasteiger charge is -2.26. The molecule has 1 rings (SSSR count). The molecule has 0 aliphatic rings. The molecule has 0 fully saturated rings. The summed E-state index contributed by atoms with van der Waals surface area (Å²) in [4.78, 5) is 14.0. The minimum Gasteiger partial charge on any atom is -0.396 e. The summed E-state index contributed by atoms with van der Waals surface area (Å²) in [6, 6.07) is 6.97. The third kappa shape index (κ3) is 4.02. The number of halogens is 1. The number of hydrogen-bond acceptors (Lipinski definition) is 2. The molecule has 1 aromatic carbocycles. The number of aliphatic hydroxyl groups is 1. The van der Waals surface area contributed by atoms with Crippen molar-refractivity contribution >= 4 is 17.5 Å². The average Bonchev–Trinajstić information content (AvgIpc) is 2.29. The summed E-state index contributed by atoms with van der Waals surface area (Å²) in [5, 5.41) is 9.45. The number of carbonyl (C=O) groups excluding carboxylic acids is 1. The number of rotatable bonds is 5. The zero-order chi connectivity index (χ0) is 12.8. The molecular weight excluding hydrogens is 238 g/mol. The summed E-state index contributed by atoms with van der Waals surface area (Å²) in [6.07, 6.45) is 0.595. The van der Waals surface area contributed by atoms with Crippen molar-refractivity contribution in [3.63, 3.8) is 0 Å². The lowest BCUT2D eigenvalue weighted by atomic mass is 10.1. The van der Waals surface area contributed by atoms with Crippen LogP contribution in [0.1, 0.15) is 30.6 Å². The Morgan fingerprint density at radius 2 is 1.94 bits per heavy atom. The fourth-order valence-corrected chi connectivity index (χ4v) is 1.72. The van der Waals surface area contributed by atoms with Crippen LogP contribution in [0.4, 0.5) is 0 Å². The van der Waals surface area contributed by atoms with Gasteiger partial charge in [0.15, 0.2) is 0 Å². The van der Waals surface area contributed by atoms with Crippen LogP contribution in [0.2, 0.25) is 5.02 Å². The van der Waals surface area contributed by atoms with E-state index in [2.05, 4.69) is 0 Å². The second-order valence-corrected chi connectivity index (χ2v) is 4.61. The molecule has 0 aliphatic carbocycles. The molecule has 0 heterocycles. The van der Waals surface area contributed by atoms with E-state index >= 15 is 0 Å². The molecule has 0 atom stereocenters. The zero-order valence-corrected chi connectivity index (χ0v) is 10.9. The van der Waals surface area contributed by atoms with Gasteiger partial charge in [-0.1, -0.05) is 11.6 Å². The van der Waals surface area contributed by atoms with Crippen LogP contribution in [-0.2, 0) is 0 Å². The normalized spacial score (nSPS) is 10.6. The topological polar surface area (TPSA) is 40.5 Å².